The van der Waals surface area contributed by atoms with E-state index in [1.54, 1.807) is 12.4 Å². The number of nitrogens with two attached hydrogens (primary N) is 1. The van der Waals surface area contributed by atoms with Crippen LogP contribution >= 0.6 is 0 Å². The van der Waals surface area contributed by atoms with E-state index in [1.165, 1.54) is 0 Å². The highest BCUT2D eigenvalue weighted by atomic mass is 16.5. The maximum atomic E-state index is 5.70. The minimum absolute atomic E-state index is 0.439. The summed E-state index contributed by atoms with van der Waals surface area (Å²) in [6, 6.07) is 16.3. The van der Waals surface area contributed by atoms with Gasteiger partial charge < -0.3 is 15.4 Å². The molecule has 5 heteroatoms. The molecule has 0 unspecified atom stereocenters. The van der Waals surface area contributed by atoms with Gasteiger partial charge in [0.1, 0.15) is 6.61 Å². The number of ether oxygens (including phenoxy) is 1. The van der Waals surface area contributed by atoms with Crippen LogP contribution in [0.1, 0.15) is 5.69 Å². The van der Waals surface area contributed by atoms with Crippen LogP contribution in [-0.4, -0.2) is 23.1 Å². The number of aromatic nitrogens is 2. The first kappa shape index (κ1) is 14.7. The third kappa shape index (κ3) is 2.70. The average molecular weight is 318 g/mol. The topological polar surface area (TPSA) is 64.3 Å². The van der Waals surface area contributed by atoms with Gasteiger partial charge in [-0.1, -0.05) is 12.1 Å². The van der Waals surface area contributed by atoms with Crippen LogP contribution in [-0.2, 0) is 6.54 Å². The zero-order valence-electron chi connectivity index (χ0n) is 13.2. The van der Waals surface area contributed by atoms with Gasteiger partial charge in [-0.15, -0.1) is 0 Å². The first-order chi connectivity index (χ1) is 11.8. The van der Waals surface area contributed by atoms with Gasteiger partial charge in [0.25, 0.3) is 0 Å². The van der Waals surface area contributed by atoms with Gasteiger partial charge in [0, 0.05) is 24.6 Å². The van der Waals surface area contributed by atoms with Crippen molar-refractivity contribution in [3.63, 3.8) is 0 Å². The van der Waals surface area contributed by atoms with Crippen molar-refractivity contribution in [1.82, 2.24) is 9.97 Å². The lowest BCUT2D eigenvalue weighted by Gasteiger charge is -2.30. The summed E-state index contributed by atoms with van der Waals surface area (Å²) in [6.45, 7) is 1.86. The van der Waals surface area contributed by atoms with Crippen molar-refractivity contribution in [3.8, 4) is 16.9 Å². The van der Waals surface area contributed by atoms with Crippen molar-refractivity contribution in [2.75, 3.05) is 18.1 Å². The molecule has 3 aromatic rings. The molecule has 1 aromatic carbocycles. The zero-order valence-corrected chi connectivity index (χ0v) is 13.2. The highest BCUT2D eigenvalue weighted by Gasteiger charge is 2.20. The number of rotatable bonds is 3. The van der Waals surface area contributed by atoms with Gasteiger partial charge in [0.15, 0.2) is 11.6 Å². The summed E-state index contributed by atoms with van der Waals surface area (Å²) in [7, 11) is 0. The second-order valence-electron chi connectivity index (χ2n) is 5.62. The molecule has 24 heavy (non-hydrogen) atoms. The summed E-state index contributed by atoms with van der Waals surface area (Å²) in [5.74, 6) is 1.68. The molecule has 0 fully saturated rings. The minimum Gasteiger partial charge on any atom is -0.488 e. The molecule has 120 valence electrons. The van der Waals surface area contributed by atoms with E-state index in [0.717, 1.165) is 40.6 Å². The van der Waals surface area contributed by atoms with Gasteiger partial charge in [0.05, 0.1) is 12.2 Å². The molecular weight excluding hydrogens is 300 g/mol. The average Bonchev–Trinajstić information content (AvgIpc) is 2.67. The Labute approximate surface area is 140 Å². The van der Waals surface area contributed by atoms with E-state index in [9.17, 15) is 0 Å². The molecule has 0 atom stereocenters. The van der Waals surface area contributed by atoms with E-state index < -0.39 is 0 Å². The predicted molar refractivity (Wildman–Crippen MR) is 94.3 cm³/mol. The van der Waals surface area contributed by atoms with Crippen LogP contribution in [0.3, 0.4) is 0 Å². The first-order valence-electron chi connectivity index (χ1n) is 7.96. The normalized spacial score (nSPS) is 13.3. The molecule has 1 aliphatic heterocycles. The Morgan fingerprint density at radius 3 is 2.83 bits per heavy atom. The summed E-state index contributed by atoms with van der Waals surface area (Å²) >= 11 is 0. The van der Waals surface area contributed by atoms with Crippen molar-refractivity contribution >= 4 is 11.5 Å². The maximum Gasteiger partial charge on any atom is 0.175 e. The van der Waals surface area contributed by atoms with Gasteiger partial charge >= 0.3 is 0 Å². The molecule has 0 amide bonds. The zero-order chi connectivity index (χ0) is 16.4. The van der Waals surface area contributed by atoms with Crippen molar-refractivity contribution in [2.45, 2.75) is 6.54 Å². The van der Waals surface area contributed by atoms with Crippen LogP contribution in [0.25, 0.3) is 11.1 Å². The van der Waals surface area contributed by atoms with E-state index in [0.29, 0.717) is 13.2 Å². The summed E-state index contributed by atoms with van der Waals surface area (Å²) in [5.41, 5.74) is 9.93. The first-order valence-corrected chi connectivity index (χ1v) is 7.96. The lowest BCUT2D eigenvalue weighted by molar-refractivity contribution is 0.312. The predicted octanol–water partition coefficient (Wildman–Crippen LogP) is 3.13. The quantitative estimate of drug-likeness (QED) is 0.804. The number of pyridine rings is 2. The fourth-order valence-electron chi connectivity index (χ4n) is 2.92. The van der Waals surface area contributed by atoms with Crippen LogP contribution < -0.4 is 15.4 Å². The number of hydrogen-bond acceptors (Lipinski definition) is 5. The number of anilines is 2. The van der Waals surface area contributed by atoms with Crippen molar-refractivity contribution in [1.29, 1.82) is 0 Å². The Balaban J connectivity index is 1.73. The molecule has 5 nitrogen and oxygen atoms in total. The SMILES string of the molecule is NCc1cc(-c2cccc(N3CCOc4cccnc43)c2)ccn1. The maximum absolute atomic E-state index is 5.70. The van der Waals surface area contributed by atoms with Crippen LogP contribution in [0.5, 0.6) is 5.75 Å². The Morgan fingerprint density at radius 2 is 1.92 bits per heavy atom. The van der Waals surface area contributed by atoms with Crippen LogP contribution in [0.15, 0.2) is 60.9 Å². The molecule has 0 saturated carbocycles. The third-order valence-electron chi connectivity index (χ3n) is 4.10. The third-order valence-corrected chi connectivity index (χ3v) is 4.10. The van der Waals surface area contributed by atoms with Gasteiger partial charge in [0.2, 0.25) is 0 Å². The Kier molecular flexibility index (Phi) is 3.84. The standard InChI is InChI=1S/C19H18N4O/c20-13-16-11-15(6-8-21-16)14-3-1-4-17(12-14)23-9-10-24-18-5-2-7-22-19(18)23/h1-8,11-12H,9-10,13,20H2. The van der Waals surface area contributed by atoms with Crippen LogP contribution in [0, 0.1) is 0 Å². The van der Waals surface area contributed by atoms with Crippen molar-refractivity contribution in [3.05, 3.63) is 66.6 Å². The van der Waals surface area contributed by atoms with Crippen LogP contribution in [0.2, 0.25) is 0 Å². The smallest absolute Gasteiger partial charge is 0.175 e. The molecule has 0 radical (unpaired) electrons. The van der Waals surface area contributed by atoms with E-state index >= 15 is 0 Å². The van der Waals surface area contributed by atoms with Crippen molar-refractivity contribution < 1.29 is 4.74 Å². The lowest BCUT2D eigenvalue weighted by atomic mass is 10.0. The van der Waals surface area contributed by atoms with Crippen LogP contribution in [0.4, 0.5) is 11.5 Å². The molecule has 3 heterocycles. The fourth-order valence-corrected chi connectivity index (χ4v) is 2.92. The molecule has 2 N–H and O–H groups in total. The molecule has 0 bridgehead atoms. The number of nitrogens with zero attached hydrogens (tertiary/aromatic N) is 3. The molecule has 4 rings (SSSR count). The van der Waals surface area contributed by atoms with Gasteiger partial charge in [-0.3, -0.25) is 4.98 Å². The monoisotopic (exact) mass is 318 g/mol. The summed E-state index contributed by atoms with van der Waals surface area (Å²) < 4.78 is 5.69. The Hall–Kier alpha value is -2.92. The minimum atomic E-state index is 0.439. The number of benzene rings is 1. The molecule has 0 saturated heterocycles. The second kappa shape index (κ2) is 6.29. The molecule has 2 aromatic heterocycles. The lowest BCUT2D eigenvalue weighted by Crippen LogP contribution is -2.29. The van der Waals surface area contributed by atoms with Crippen molar-refractivity contribution in [2.24, 2.45) is 5.73 Å². The number of fused-ring (bicyclic) bond motifs is 1. The van der Waals surface area contributed by atoms with Gasteiger partial charge in [-0.05, 0) is 47.5 Å². The summed E-state index contributed by atoms with van der Waals surface area (Å²) in [5, 5.41) is 0. The second-order valence-corrected chi connectivity index (χ2v) is 5.62. The number of hydrogen-bond donors (Lipinski definition) is 1. The van der Waals surface area contributed by atoms with Gasteiger partial charge in [-0.2, -0.15) is 0 Å². The Bertz CT molecular complexity index is 865. The van der Waals surface area contributed by atoms with E-state index in [2.05, 4.69) is 39.1 Å². The molecule has 0 spiro atoms. The van der Waals surface area contributed by atoms with Gasteiger partial charge in [-0.25, -0.2) is 4.98 Å². The summed E-state index contributed by atoms with van der Waals surface area (Å²) in [4.78, 5) is 10.9. The molecule has 0 aliphatic carbocycles. The van der Waals surface area contributed by atoms with E-state index in [4.69, 9.17) is 10.5 Å². The van der Waals surface area contributed by atoms with E-state index in [-0.39, 0.29) is 0 Å². The Morgan fingerprint density at radius 1 is 1.00 bits per heavy atom. The highest BCUT2D eigenvalue weighted by molar-refractivity contribution is 5.73. The highest BCUT2D eigenvalue weighted by Crippen LogP contribution is 2.35. The van der Waals surface area contributed by atoms with E-state index in [1.807, 2.05) is 24.3 Å². The summed E-state index contributed by atoms with van der Waals surface area (Å²) in [6.07, 6.45) is 3.59. The largest absolute Gasteiger partial charge is 0.488 e. The fraction of sp³-hybridized carbons (Fsp3) is 0.158. The molecule has 1 aliphatic rings. The molecular formula is C19H18N4O.